The summed E-state index contributed by atoms with van der Waals surface area (Å²) >= 11 is 0. The molecule has 1 N–H and O–H groups in total. The first-order valence-electron chi connectivity index (χ1n) is 15.6. The second kappa shape index (κ2) is 12.5. The van der Waals surface area contributed by atoms with E-state index in [4.69, 9.17) is 15.0 Å². The summed E-state index contributed by atoms with van der Waals surface area (Å²) in [5.41, 5.74) is 2.99. The Kier molecular flexibility index (Phi) is 8.04. The van der Waals surface area contributed by atoms with Gasteiger partial charge in [-0.15, -0.1) is 0 Å². The number of benzene rings is 1. The maximum atomic E-state index is 12.2. The molecule has 224 valence electrons. The number of anilines is 3. The molecule has 11 heteroatoms. The monoisotopic (exact) mass is 580 g/mol. The lowest BCUT2D eigenvalue weighted by molar-refractivity contribution is -0.127. The van der Waals surface area contributed by atoms with E-state index in [1.54, 1.807) is 0 Å². The third-order valence-corrected chi connectivity index (χ3v) is 8.95. The van der Waals surface area contributed by atoms with Gasteiger partial charge in [-0.25, -0.2) is 9.97 Å². The lowest BCUT2D eigenvalue weighted by atomic mass is 10.0. The van der Waals surface area contributed by atoms with Crippen LogP contribution in [0.15, 0.2) is 61.1 Å². The number of fused-ring (bicyclic) bond motifs is 1. The van der Waals surface area contributed by atoms with Gasteiger partial charge in [0.15, 0.2) is 17.0 Å². The van der Waals surface area contributed by atoms with Crippen molar-refractivity contribution < 1.29 is 4.79 Å². The van der Waals surface area contributed by atoms with Gasteiger partial charge < -0.3 is 24.6 Å². The van der Waals surface area contributed by atoms with Gasteiger partial charge >= 0.3 is 0 Å². The van der Waals surface area contributed by atoms with Crippen LogP contribution in [0.3, 0.4) is 0 Å². The van der Waals surface area contributed by atoms with Crippen molar-refractivity contribution in [2.24, 2.45) is 0 Å². The average molecular weight is 581 g/mol. The van der Waals surface area contributed by atoms with Crippen LogP contribution in [0.2, 0.25) is 0 Å². The Morgan fingerprint density at radius 3 is 2.35 bits per heavy atom. The van der Waals surface area contributed by atoms with Crippen LogP contribution < -0.4 is 15.1 Å². The molecule has 3 fully saturated rings. The number of carbonyl (C=O) groups excluding carboxylic acids is 1. The standard InChI is InChI=1S/C32H40N10O/c43-28-10-6-14-40(28)19-22-42-24-34-29-30(35-26-11-15-38(16-12-26)23-25-7-2-1-3-8-25)36-32(37-31(29)42)41-20-17-39(18-21-41)27-9-4-5-13-33-27/h1-5,7-9,13,24,26H,6,10-12,14-23H2,(H,35,36,37). The zero-order valence-electron chi connectivity index (χ0n) is 24.7. The Bertz CT molecular complexity index is 1510. The highest BCUT2D eigenvalue weighted by Crippen LogP contribution is 2.27. The first kappa shape index (κ1) is 27.6. The topological polar surface area (TPSA) is 98.5 Å². The van der Waals surface area contributed by atoms with Gasteiger partial charge in [-0.2, -0.15) is 9.97 Å². The number of amides is 1. The first-order chi connectivity index (χ1) is 21.2. The van der Waals surface area contributed by atoms with Crippen LogP contribution in [0, 0.1) is 0 Å². The Morgan fingerprint density at radius 1 is 0.814 bits per heavy atom. The van der Waals surface area contributed by atoms with E-state index >= 15 is 0 Å². The zero-order valence-corrected chi connectivity index (χ0v) is 24.7. The number of likely N-dealkylation sites (tertiary alicyclic amines) is 2. The van der Waals surface area contributed by atoms with Crippen molar-refractivity contribution in [1.29, 1.82) is 0 Å². The van der Waals surface area contributed by atoms with E-state index in [1.807, 2.05) is 29.6 Å². The molecule has 7 rings (SSSR count). The van der Waals surface area contributed by atoms with Crippen LogP contribution in [-0.4, -0.2) is 98.6 Å². The highest BCUT2D eigenvalue weighted by atomic mass is 16.2. The maximum absolute atomic E-state index is 12.2. The van der Waals surface area contributed by atoms with Gasteiger partial charge in [0.2, 0.25) is 11.9 Å². The predicted octanol–water partition coefficient (Wildman–Crippen LogP) is 3.25. The molecule has 0 aliphatic carbocycles. The van der Waals surface area contributed by atoms with Gasteiger partial charge in [0.05, 0.1) is 6.33 Å². The first-order valence-corrected chi connectivity index (χ1v) is 15.6. The van der Waals surface area contributed by atoms with Gasteiger partial charge in [0, 0.05) is 84.1 Å². The van der Waals surface area contributed by atoms with Crippen LogP contribution in [-0.2, 0) is 17.9 Å². The molecule has 0 spiro atoms. The van der Waals surface area contributed by atoms with Crippen molar-refractivity contribution >= 4 is 34.7 Å². The summed E-state index contributed by atoms with van der Waals surface area (Å²) in [5.74, 6) is 2.79. The van der Waals surface area contributed by atoms with Crippen LogP contribution in [0.25, 0.3) is 11.2 Å². The molecule has 0 unspecified atom stereocenters. The molecule has 0 saturated carbocycles. The van der Waals surface area contributed by atoms with Crippen LogP contribution in [0.4, 0.5) is 17.6 Å². The van der Waals surface area contributed by atoms with E-state index in [-0.39, 0.29) is 5.91 Å². The number of piperazine rings is 1. The summed E-state index contributed by atoms with van der Waals surface area (Å²) in [5, 5.41) is 3.77. The number of nitrogens with one attached hydrogen (secondary N) is 1. The normalized spacial score (nSPS) is 18.6. The fourth-order valence-electron chi connectivity index (χ4n) is 6.45. The molecule has 0 bridgehead atoms. The number of pyridine rings is 1. The molecule has 4 aromatic rings. The maximum Gasteiger partial charge on any atom is 0.229 e. The number of nitrogens with zero attached hydrogens (tertiary/aromatic N) is 9. The lowest BCUT2D eigenvalue weighted by Gasteiger charge is -2.36. The number of hydrogen-bond donors (Lipinski definition) is 1. The minimum atomic E-state index is 0.242. The summed E-state index contributed by atoms with van der Waals surface area (Å²) in [6, 6.07) is 17.1. The zero-order chi connectivity index (χ0) is 29.0. The summed E-state index contributed by atoms with van der Waals surface area (Å²) in [7, 11) is 0. The molecule has 3 aliphatic heterocycles. The van der Waals surface area contributed by atoms with Crippen molar-refractivity contribution in [2.45, 2.75) is 44.8 Å². The molecule has 0 atom stereocenters. The van der Waals surface area contributed by atoms with Crippen molar-refractivity contribution in [3.63, 3.8) is 0 Å². The SMILES string of the molecule is O=C1CCCN1CCn1cnc2c(NC3CCN(Cc4ccccc4)CC3)nc(N3CCN(c4ccccn4)CC3)nc21. The summed E-state index contributed by atoms with van der Waals surface area (Å²) < 4.78 is 2.09. The van der Waals surface area contributed by atoms with Crippen LogP contribution in [0.1, 0.15) is 31.2 Å². The predicted molar refractivity (Wildman–Crippen MR) is 168 cm³/mol. The fourth-order valence-corrected chi connectivity index (χ4v) is 6.45. The molecular formula is C32H40N10O. The third kappa shape index (κ3) is 6.27. The Labute approximate surface area is 252 Å². The van der Waals surface area contributed by atoms with E-state index < -0.39 is 0 Å². The molecule has 43 heavy (non-hydrogen) atoms. The molecule has 11 nitrogen and oxygen atoms in total. The van der Waals surface area contributed by atoms with Crippen molar-refractivity contribution in [3.05, 3.63) is 66.6 Å². The van der Waals surface area contributed by atoms with Gasteiger partial charge in [-0.05, 0) is 37.0 Å². The molecule has 0 radical (unpaired) electrons. The largest absolute Gasteiger partial charge is 0.365 e. The molecule has 1 amide bonds. The number of imidazole rings is 1. The van der Waals surface area contributed by atoms with E-state index in [1.165, 1.54) is 5.56 Å². The van der Waals surface area contributed by atoms with Crippen LogP contribution >= 0.6 is 0 Å². The molecule has 3 aromatic heterocycles. The number of aromatic nitrogens is 5. The summed E-state index contributed by atoms with van der Waals surface area (Å²) in [6.45, 7) is 8.60. The summed E-state index contributed by atoms with van der Waals surface area (Å²) in [6.07, 6.45) is 7.40. The smallest absolute Gasteiger partial charge is 0.229 e. The third-order valence-electron chi connectivity index (χ3n) is 8.95. The van der Waals surface area contributed by atoms with Crippen LogP contribution in [0.5, 0.6) is 0 Å². The van der Waals surface area contributed by atoms with E-state index in [0.29, 0.717) is 25.6 Å². The Balaban J connectivity index is 1.08. The van der Waals surface area contributed by atoms with Gasteiger partial charge in [0.25, 0.3) is 0 Å². The molecule has 6 heterocycles. The van der Waals surface area contributed by atoms with Gasteiger partial charge in [0.1, 0.15) is 5.82 Å². The van der Waals surface area contributed by atoms with Crippen molar-refractivity contribution in [1.82, 2.24) is 34.3 Å². The van der Waals surface area contributed by atoms with Gasteiger partial charge in [-0.1, -0.05) is 36.4 Å². The van der Waals surface area contributed by atoms with E-state index in [2.05, 4.69) is 66.0 Å². The quantitative estimate of drug-likeness (QED) is 0.320. The molecule has 1 aromatic carbocycles. The second-order valence-corrected chi connectivity index (χ2v) is 11.8. The minimum absolute atomic E-state index is 0.242. The minimum Gasteiger partial charge on any atom is -0.365 e. The Hall–Kier alpha value is -4.25. The number of hydrogen-bond acceptors (Lipinski definition) is 9. The van der Waals surface area contributed by atoms with Crippen molar-refractivity contribution in [2.75, 3.05) is 67.5 Å². The lowest BCUT2D eigenvalue weighted by Crippen LogP contribution is -2.47. The number of piperidine rings is 1. The highest BCUT2D eigenvalue weighted by molar-refractivity contribution is 5.84. The molecule has 3 saturated heterocycles. The van der Waals surface area contributed by atoms with E-state index in [0.717, 1.165) is 100 Å². The Morgan fingerprint density at radius 2 is 1.60 bits per heavy atom. The number of rotatable bonds is 9. The second-order valence-electron chi connectivity index (χ2n) is 11.8. The van der Waals surface area contributed by atoms with E-state index in [9.17, 15) is 4.79 Å². The van der Waals surface area contributed by atoms with Gasteiger partial charge in [-0.3, -0.25) is 9.69 Å². The average Bonchev–Trinajstić information content (AvgIpc) is 3.67. The molecule has 3 aliphatic rings. The van der Waals surface area contributed by atoms with Crippen molar-refractivity contribution in [3.8, 4) is 0 Å². The summed E-state index contributed by atoms with van der Waals surface area (Å²) in [4.78, 5) is 40.8. The number of carbonyl (C=O) groups is 1. The highest BCUT2D eigenvalue weighted by Gasteiger charge is 2.26. The fraction of sp³-hybridized carbons (Fsp3) is 0.469. The molecular weight excluding hydrogens is 540 g/mol.